The minimum atomic E-state index is -0.869. The van der Waals surface area contributed by atoms with E-state index in [1.54, 1.807) is 6.20 Å². The number of nitrogens with zero attached hydrogens (tertiary/aromatic N) is 1. The first-order valence-electron chi connectivity index (χ1n) is 10.0. The Balaban J connectivity index is 1.59. The van der Waals surface area contributed by atoms with Gasteiger partial charge in [0.1, 0.15) is 18.4 Å². The number of rotatable bonds is 5. The molecule has 2 aromatic heterocycles. The van der Waals surface area contributed by atoms with Crippen LogP contribution in [0.15, 0.2) is 71.3 Å². The van der Waals surface area contributed by atoms with Crippen molar-refractivity contribution in [1.29, 1.82) is 0 Å². The quantitative estimate of drug-likeness (QED) is 0.391. The van der Waals surface area contributed by atoms with Crippen molar-refractivity contribution < 1.29 is 14.6 Å². The number of carboxylic acid groups (broad SMARTS) is 1. The third-order valence-electron chi connectivity index (χ3n) is 5.59. The number of carboxylic acids is 1. The third-order valence-corrected chi connectivity index (χ3v) is 6.09. The zero-order valence-corrected chi connectivity index (χ0v) is 18.1. The second kappa shape index (κ2) is 8.17. The molecular formula is C24H20BrN3O3. The standard InChI is InChI=1S/C24H20BrN3O3/c25-14-8-9-21(31-13-15-5-3-4-10-26-15)18(11-14)23-22-17(12-20(28-23)24(29)30)16-6-1-2-7-19(16)27-22/h1-11,20,23,27-28H,12-13H2,(H,29,30)/t20-,23-/m0/s1. The number of halogens is 1. The van der Waals surface area contributed by atoms with Gasteiger partial charge in [-0.1, -0.05) is 40.2 Å². The lowest BCUT2D eigenvalue weighted by Crippen LogP contribution is -2.45. The largest absolute Gasteiger partial charge is 0.487 e. The first-order chi connectivity index (χ1) is 15.1. The molecular weight excluding hydrogens is 458 g/mol. The molecule has 0 unspecified atom stereocenters. The molecule has 2 aromatic carbocycles. The molecule has 6 nitrogen and oxygen atoms in total. The van der Waals surface area contributed by atoms with Gasteiger partial charge < -0.3 is 14.8 Å². The lowest BCUT2D eigenvalue weighted by atomic mass is 9.90. The molecule has 0 fully saturated rings. The normalized spacial score (nSPS) is 18.0. The molecule has 0 bridgehead atoms. The SMILES string of the molecule is O=C(O)[C@@H]1Cc2c([nH]c3ccccc23)[C@H](c2cc(Br)ccc2OCc2ccccn2)N1. The van der Waals surface area contributed by atoms with Crippen molar-refractivity contribution in [1.82, 2.24) is 15.3 Å². The Morgan fingerprint density at radius 3 is 2.81 bits per heavy atom. The zero-order valence-electron chi connectivity index (χ0n) is 16.5. The van der Waals surface area contributed by atoms with Crippen LogP contribution in [0.4, 0.5) is 0 Å². The molecule has 5 rings (SSSR count). The molecule has 1 aliphatic rings. The van der Waals surface area contributed by atoms with Crippen LogP contribution in [0, 0.1) is 0 Å². The Morgan fingerprint density at radius 1 is 1.16 bits per heavy atom. The lowest BCUT2D eigenvalue weighted by molar-refractivity contribution is -0.139. The minimum absolute atomic E-state index is 0.324. The van der Waals surface area contributed by atoms with E-state index in [2.05, 4.69) is 31.2 Å². The van der Waals surface area contributed by atoms with Crippen molar-refractivity contribution in [2.75, 3.05) is 0 Å². The molecule has 0 saturated heterocycles. The number of para-hydroxylation sites is 1. The highest BCUT2D eigenvalue weighted by atomic mass is 79.9. The fourth-order valence-corrected chi connectivity index (χ4v) is 4.53. The molecule has 7 heteroatoms. The maximum absolute atomic E-state index is 11.9. The van der Waals surface area contributed by atoms with Crippen LogP contribution < -0.4 is 10.1 Å². The third kappa shape index (κ3) is 3.82. The van der Waals surface area contributed by atoms with Gasteiger partial charge in [0.05, 0.1) is 11.7 Å². The molecule has 31 heavy (non-hydrogen) atoms. The summed E-state index contributed by atoms with van der Waals surface area (Å²) in [4.78, 5) is 19.8. The van der Waals surface area contributed by atoms with Crippen molar-refractivity contribution in [2.24, 2.45) is 0 Å². The van der Waals surface area contributed by atoms with E-state index in [1.807, 2.05) is 60.7 Å². The summed E-state index contributed by atoms with van der Waals surface area (Å²) < 4.78 is 7.02. The zero-order chi connectivity index (χ0) is 21.4. The van der Waals surface area contributed by atoms with Gasteiger partial charge in [-0.05, 0) is 42.0 Å². The first-order valence-corrected chi connectivity index (χ1v) is 10.8. The average molecular weight is 478 g/mol. The van der Waals surface area contributed by atoms with Gasteiger partial charge in [0.2, 0.25) is 0 Å². The van der Waals surface area contributed by atoms with Crippen LogP contribution >= 0.6 is 15.9 Å². The topological polar surface area (TPSA) is 87.2 Å². The average Bonchev–Trinajstić information content (AvgIpc) is 3.17. The summed E-state index contributed by atoms with van der Waals surface area (Å²) >= 11 is 3.56. The second-order valence-electron chi connectivity index (χ2n) is 7.55. The smallest absolute Gasteiger partial charge is 0.321 e. The molecule has 0 amide bonds. The van der Waals surface area contributed by atoms with E-state index in [0.717, 1.165) is 37.9 Å². The van der Waals surface area contributed by atoms with Crippen LogP contribution in [0.25, 0.3) is 10.9 Å². The number of carbonyl (C=O) groups is 1. The summed E-state index contributed by atoms with van der Waals surface area (Å²) in [5, 5.41) is 14.2. The van der Waals surface area contributed by atoms with Crippen LogP contribution in [-0.2, 0) is 17.8 Å². The first kappa shape index (κ1) is 19.8. The van der Waals surface area contributed by atoms with Gasteiger partial charge in [-0.15, -0.1) is 0 Å². The van der Waals surface area contributed by atoms with E-state index in [0.29, 0.717) is 18.8 Å². The number of aromatic amines is 1. The minimum Gasteiger partial charge on any atom is -0.487 e. The number of H-pyrrole nitrogens is 1. The molecule has 4 aromatic rings. The van der Waals surface area contributed by atoms with E-state index in [4.69, 9.17) is 4.74 Å². The maximum atomic E-state index is 11.9. The van der Waals surface area contributed by atoms with Gasteiger partial charge in [-0.3, -0.25) is 15.1 Å². The van der Waals surface area contributed by atoms with Gasteiger partial charge in [0.15, 0.2) is 0 Å². The van der Waals surface area contributed by atoms with E-state index < -0.39 is 12.0 Å². The van der Waals surface area contributed by atoms with Gasteiger partial charge in [-0.2, -0.15) is 0 Å². The van der Waals surface area contributed by atoms with Crippen molar-refractivity contribution in [3.05, 3.63) is 93.8 Å². The van der Waals surface area contributed by atoms with Crippen molar-refractivity contribution >= 4 is 32.8 Å². The molecule has 0 saturated carbocycles. The fourth-order valence-electron chi connectivity index (χ4n) is 4.15. The van der Waals surface area contributed by atoms with Crippen LogP contribution in [0.3, 0.4) is 0 Å². The molecule has 156 valence electrons. The van der Waals surface area contributed by atoms with Gasteiger partial charge in [0.25, 0.3) is 0 Å². The molecule has 0 radical (unpaired) electrons. The van der Waals surface area contributed by atoms with Gasteiger partial charge in [-0.25, -0.2) is 0 Å². The van der Waals surface area contributed by atoms with Crippen LogP contribution in [0.2, 0.25) is 0 Å². The van der Waals surface area contributed by atoms with Crippen molar-refractivity contribution in [3.63, 3.8) is 0 Å². The lowest BCUT2D eigenvalue weighted by Gasteiger charge is -2.30. The highest BCUT2D eigenvalue weighted by Crippen LogP contribution is 2.39. The van der Waals surface area contributed by atoms with E-state index >= 15 is 0 Å². The Hall–Kier alpha value is -3.16. The van der Waals surface area contributed by atoms with Crippen molar-refractivity contribution in [3.8, 4) is 5.75 Å². The maximum Gasteiger partial charge on any atom is 0.321 e. The molecule has 3 heterocycles. The predicted octanol–water partition coefficient (Wildman–Crippen LogP) is 4.59. The van der Waals surface area contributed by atoms with Gasteiger partial charge >= 0.3 is 5.97 Å². The second-order valence-corrected chi connectivity index (χ2v) is 8.47. The van der Waals surface area contributed by atoms with Gasteiger partial charge in [0, 0.05) is 39.3 Å². The summed E-state index contributed by atoms with van der Waals surface area (Å²) in [6.45, 7) is 0.324. The number of aromatic nitrogens is 2. The molecule has 3 N–H and O–H groups in total. The molecule has 1 aliphatic heterocycles. The Morgan fingerprint density at radius 2 is 2.00 bits per heavy atom. The van der Waals surface area contributed by atoms with E-state index in [-0.39, 0.29) is 6.04 Å². The summed E-state index contributed by atoms with van der Waals surface area (Å²) in [6.07, 6.45) is 2.15. The number of pyridine rings is 1. The number of fused-ring (bicyclic) bond motifs is 3. The Kier molecular flexibility index (Phi) is 5.21. The number of hydrogen-bond donors (Lipinski definition) is 3. The molecule has 0 aliphatic carbocycles. The number of ether oxygens (including phenoxy) is 1. The highest BCUT2D eigenvalue weighted by molar-refractivity contribution is 9.10. The number of hydrogen-bond acceptors (Lipinski definition) is 4. The van der Waals surface area contributed by atoms with Crippen LogP contribution in [0.5, 0.6) is 5.75 Å². The van der Waals surface area contributed by atoms with E-state index in [1.165, 1.54) is 0 Å². The van der Waals surface area contributed by atoms with Crippen LogP contribution in [-0.4, -0.2) is 27.1 Å². The summed E-state index contributed by atoms with van der Waals surface area (Å²) in [7, 11) is 0. The highest BCUT2D eigenvalue weighted by Gasteiger charge is 2.35. The van der Waals surface area contributed by atoms with E-state index in [9.17, 15) is 9.90 Å². The van der Waals surface area contributed by atoms with Crippen molar-refractivity contribution in [2.45, 2.75) is 25.1 Å². The Bertz CT molecular complexity index is 1260. The fraction of sp³-hybridized carbons (Fsp3) is 0.167. The monoisotopic (exact) mass is 477 g/mol. The van der Waals surface area contributed by atoms with Crippen LogP contribution in [0.1, 0.15) is 28.6 Å². The summed E-state index contributed by atoms with van der Waals surface area (Å²) in [5.41, 5.74) is 4.69. The summed E-state index contributed by atoms with van der Waals surface area (Å²) in [5.74, 6) is -0.186. The number of benzene rings is 2. The molecule has 0 spiro atoms. The Labute approximate surface area is 187 Å². The number of nitrogens with one attached hydrogen (secondary N) is 2. The summed E-state index contributed by atoms with van der Waals surface area (Å²) in [6, 6.07) is 18.4. The number of aliphatic carboxylic acids is 1. The molecule has 2 atom stereocenters. The predicted molar refractivity (Wildman–Crippen MR) is 121 cm³/mol.